The van der Waals surface area contributed by atoms with Gasteiger partial charge in [0.15, 0.2) is 11.5 Å². The van der Waals surface area contributed by atoms with E-state index in [9.17, 15) is 15.0 Å². The number of phenols is 2. The molecule has 1 aromatic rings. The lowest BCUT2D eigenvalue weighted by molar-refractivity contribution is 0.0504. The van der Waals surface area contributed by atoms with E-state index in [0.29, 0.717) is 13.2 Å². The Hall–Kier alpha value is -1.91. The van der Waals surface area contributed by atoms with Gasteiger partial charge < -0.3 is 19.7 Å². The van der Waals surface area contributed by atoms with Crippen LogP contribution in [0.25, 0.3) is 0 Å². The van der Waals surface area contributed by atoms with Gasteiger partial charge in [-0.05, 0) is 25.0 Å². The number of carbonyl (C=O) groups excluding carboxylic acids is 1. The van der Waals surface area contributed by atoms with Crippen molar-refractivity contribution >= 4 is 5.97 Å². The maximum atomic E-state index is 11.6. The molecule has 1 rings (SSSR count). The summed E-state index contributed by atoms with van der Waals surface area (Å²) in [6, 6.07) is 2.52. The monoisotopic (exact) mass is 254 g/mol. The molecule has 0 heterocycles. The fraction of sp³-hybridized carbons (Fsp3) is 0.462. The van der Waals surface area contributed by atoms with Crippen molar-refractivity contribution in [2.75, 3.05) is 13.2 Å². The molecule has 2 N–H and O–H groups in total. The van der Waals surface area contributed by atoms with Crippen molar-refractivity contribution in [3.8, 4) is 17.2 Å². The number of hydrogen-bond acceptors (Lipinski definition) is 5. The van der Waals surface area contributed by atoms with E-state index in [1.165, 1.54) is 6.07 Å². The quantitative estimate of drug-likeness (QED) is 0.602. The zero-order valence-electron chi connectivity index (χ0n) is 10.6. The fourth-order valence-corrected chi connectivity index (χ4v) is 1.31. The Bertz CT molecular complexity index is 414. The molecular weight excluding hydrogens is 236 g/mol. The number of phenolic OH excluding ortho intramolecular Hbond substituents is 2. The Morgan fingerprint density at radius 2 is 1.83 bits per heavy atom. The Labute approximate surface area is 106 Å². The van der Waals surface area contributed by atoms with Crippen molar-refractivity contribution in [1.29, 1.82) is 0 Å². The average Bonchev–Trinajstić information content (AvgIpc) is 2.37. The van der Waals surface area contributed by atoms with Gasteiger partial charge in [-0.25, -0.2) is 4.79 Å². The molecule has 0 aliphatic carbocycles. The van der Waals surface area contributed by atoms with E-state index < -0.39 is 11.7 Å². The molecule has 0 aliphatic rings. The van der Waals surface area contributed by atoms with Gasteiger partial charge in [0, 0.05) is 0 Å². The Morgan fingerprint density at radius 1 is 1.17 bits per heavy atom. The second kappa shape index (κ2) is 6.74. The Kier molecular flexibility index (Phi) is 5.30. The van der Waals surface area contributed by atoms with Gasteiger partial charge in [-0.15, -0.1) is 0 Å². The Morgan fingerprint density at radius 3 is 2.44 bits per heavy atom. The summed E-state index contributed by atoms with van der Waals surface area (Å²) in [5, 5.41) is 19.1. The lowest BCUT2D eigenvalue weighted by Gasteiger charge is -2.10. The molecule has 0 amide bonds. The molecule has 1 aromatic carbocycles. The Balaban J connectivity index is 2.92. The first-order valence-electron chi connectivity index (χ1n) is 5.96. The summed E-state index contributed by atoms with van der Waals surface area (Å²) in [7, 11) is 0. The molecule has 0 fully saturated rings. The molecular formula is C13H18O5. The molecule has 0 saturated carbocycles. The van der Waals surface area contributed by atoms with Gasteiger partial charge in [-0.2, -0.15) is 0 Å². The van der Waals surface area contributed by atoms with Crippen molar-refractivity contribution in [3.63, 3.8) is 0 Å². The number of rotatable bonds is 6. The van der Waals surface area contributed by atoms with E-state index in [1.54, 1.807) is 0 Å². The zero-order chi connectivity index (χ0) is 13.5. The predicted octanol–water partition coefficient (Wildman–Crippen LogP) is 2.45. The molecule has 5 heteroatoms. The molecule has 0 unspecified atom stereocenters. The fourth-order valence-electron chi connectivity index (χ4n) is 1.31. The zero-order valence-corrected chi connectivity index (χ0v) is 10.6. The van der Waals surface area contributed by atoms with E-state index in [4.69, 9.17) is 9.47 Å². The number of aromatic hydroxyl groups is 2. The third kappa shape index (κ3) is 3.55. The normalized spacial score (nSPS) is 10.1. The van der Waals surface area contributed by atoms with Crippen molar-refractivity contribution in [2.45, 2.75) is 26.7 Å². The van der Waals surface area contributed by atoms with Gasteiger partial charge in [0.25, 0.3) is 0 Å². The molecule has 0 radical (unpaired) electrons. The van der Waals surface area contributed by atoms with Crippen LogP contribution in [0.15, 0.2) is 12.1 Å². The minimum atomic E-state index is -0.548. The van der Waals surface area contributed by atoms with Crippen LogP contribution in [-0.4, -0.2) is 29.4 Å². The van der Waals surface area contributed by atoms with Crippen LogP contribution in [0.5, 0.6) is 17.2 Å². The highest BCUT2D eigenvalue weighted by Gasteiger charge is 2.15. The van der Waals surface area contributed by atoms with Crippen LogP contribution in [-0.2, 0) is 4.74 Å². The third-order valence-corrected chi connectivity index (χ3v) is 2.19. The van der Waals surface area contributed by atoms with E-state index >= 15 is 0 Å². The number of ether oxygens (including phenoxy) is 2. The predicted molar refractivity (Wildman–Crippen MR) is 66.1 cm³/mol. The first kappa shape index (κ1) is 14.2. The van der Waals surface area contributed by atoms with Gasteiger partial charge >= 0.3 is 5.97 Å². The second-order valence-corrected chi connectivity index (χ2v) is 3.83. The van der Waals surface area contributed by atoms with Gasteiger partial charge in [-0.3, -0.25) is 0 Å². The topological polar surface area (TPSA) is 76.0 Å². The summed E-state index contributed by atoms with van der Waals surface area (Å²) in [5.74, 6) is -1.23. The minimum Gasteiger partial charge on any atom is -0.504 e. The minimum absolute atomic E-state index is 0.0836. The van der Waals surface area contributed by atoms with Crippen LogP contribution >= 0.6 is 0 Å². The lowest BCUT2D eigenvalue weighted by Crippen LogP contribution is -2.06. The average molecular weight is 254 g/mol. The standard InChI is InChI=1S/C13H18O5/c1-3-5-17-11-8-9(7-10(14)12(11)15)13(16)18-6-4-2/h7-8,14-15H,3-6H2,1-2H3. The first-order chi connectivity index (χ1) is 8.60. The SMILES string of the molecule is CCCOC(=O)c1cc(O)c(O)c(OCCC)c1. The van der Waals surface area contributed by atoms with E-state index in [0.717, 1.165) is 18.9 Å². The first-order valence-corrected chi connectivity index (χ1v) is 5.96. The maximum Gasteiger partial charge on any atom is 0.338 e. The van der Waals surface area contributed by atoms with Gasteiger partial charge in [0.1, 0.15) is 0 Å². The molecule has 0 spiro atoms. The smallest absolute Gasteiger partial charge is 0.338 e. The molecule has 100 valence electrons. The largest absolute Gasteiger partial charge is 0.504 e. The lowest BCUT2D eigenvalue weighted by atomic mass is 10.2. The van der Waals surface area contributed by atoms with Gasteiger partial charge in [0.05, 0.1) is 18.8 Å². The van der Waals surface area contributed by atoms with E-state index in [1.807, 2.05) is 13.8 Å². The summed E-state index contributed by atoms with van der Waals surface area (Å²) in [6.45, 7) is 4.50. The summed E-state index contributed by atoms with van der Waals surface area (Å²) >= 11 is 0. The van der Waals surface area contributed by atoms with Crippen LogP contribution in [0.3, 0.4) is 0 Å². The maximum absolute atomic E-state index is 11.6. The summed E-state index contributed by atoms with van der Waals surface area (Å²) in [6.07, 6.45) is 1.47. The van der Waals surface area contributed by atoms with Crippen LogP contribution in [0.2, 0.25) is 0 Å². The van der Waals surface area contributed by atoms with E-state index in [-0.39, 0.29) is 17.1 Å². The highest BCUT2D eigenvalue weighted by Crippen LogP contribution is 2.36. The number of esters is 1. The summed E-state index contributed by atoms with van der Waals surface area (Å²) in [4.78, 5) is 11.6. The van der Waals surface area contributed by atoms with Crippen LogP contribution in [0.1, 0.15) is 37.0 Å². The van der Waals surface area contributed by atoms with Crippen molar-refractivity contribution in [1.82, 2.24) is 0 Å². The van der Waals surface area contributed by atoms with Crippen LogP contribution in [0, 0.1) is 0 Å². The molecule has 0 bridgehead atoms. The molecule has 0 aromatic heterocycles. The van der Waals surface area contributed by atoms with Crippen molar-refractivity contribution in [3.05, 3.63) is 17.7 Å². The van der Waals surface area contributed by atoms with Gasteiger partial charge in [-0.1, -0.05) is 13.8 Å². The van der Waals surface area contributed by atoms with Crippen molar-refractivity contribution < 1.29 is 24.5 Å². The van der Waals surface area contributed by atoms with Crippen LogP contribution in [0.4, 0.5) is 0 Å². The van der Waals surface area contributed by atoms with Crippen molar-refractivity contribution in [2.24, 2.45) is 0 Å². The third-order valence-electron chi connectivity index (χ3n) is 2.19. The number of carbonyl (C=O) groups is 1. The van der Waals surface area contributed by atoms with Crippen LogP contribution < -0.4 is 4.74 Å². The highest BCUT2D eigenvalue weighted by molar-refractivity contribution is 5.91. The van der Waals surface area contributed by atoms with Gasteiger partial charge in [0.2, 0.25) is 5.75 Å². The van der Waals surface area contributed by atoms with E-state index in [2.05, 4.69) is 0 Å². The molecule has 18 heavy (non-hydrogen) atoms. The molecule has 5 nitrogen and oxygen atoms in total. The molecule has 0 saturated heterocycles. The number of hydrogen-bond donors (Lipinski definition) is 2. The highest BCUT2D eigenvalue weighted by atomic mass is 16.5. The molecule has 0 atom stereocenters. The number of benzene rings is 1. The second-order valence-electron chi connectivity index (χ2n) is 3.83. The summed E-state index contributed by atoms with van der Waals surface area (Å²) < 4.78 is 10.2. The summed E-state index contributed by atoms with van der Waals surface area (Å²) in [5.41, 5.74) is 0.157. The molecule has 0 aliphatic heterocycles.